The Morgan fingerprint density at radius 2 is 1.67 bits per heavy atom. The third-order valence-electron chi connectivity index (χ3n) is 9.84. The minimum Gasteiger partial charge on any atom is -0.0654 e. The number of hydrogen-bond acceptors (Lipinski definition) is 0. The van der Waals surface area contributed by atoms with Gasteiger partial charge >= 0.3 is 0 Å². The Kier molecular flexibility index (Phi) is 4.81. The third-order valence-corrected chi connectivity index (χ3v) is 9.84. The lowest BCUT2D eigenvalue weighted by molar-refractivity contribution is -0.0693. The van der Waals surface area contributed by atoms with Crippen molar-refractivity contribution < 1.29 is 0 Å². The van der Waals surface area contributed by atoms with E-state index in [0.29, 0.717) is 5.41 Å². The molecule has 4 aliphatic carbocycles. The molecule has 0 aromatic heterocycles. The van der Waals surface area contributed by atoms with Crippen LogP contribution >= 0.6 is 0 Å². The molecule has 0 heterocycles. The summed E-state index contributed by atoms with van der Waals surface area (Å²) in [6.07, 6.45) is 16.9. The number of fused-ring (bicyclic) bond motifs is 5. The summed E-state index contributed by atoms with van der Waals surface area (Å²) in [5, 5.41) is 0. The average Bonchev–Trinajstić information content (AvgIpc) is 2.85. The van der Waals surface area contributed by atoms with E-state index in [1.54, 1.807) is 51.4 Å². The van der Waals surface area contributed by atoms with Crippen LogP contribution in [0.1, 0.15) is 98.3 Å². The summed E-state index contributed by atoms with van der Waals surface area (Å²) in [4.78, 5) is 0. The van der Waals surface area contributed by atoms with Gasteiger partial charge in [-0.1, -0.05) is 47.0 Å². The summed E-state index contributed by atoms with van der Waals surface area (Å²) in [6.45, 7) is 10.2. The second-order valence-electron chi connectivity index (χ2n) is 10.7. The maximum Gasteiger partial charge on any atom is -0.0264 e. The topological polar surface area (TPSA) is 0 Å². The van der Waals surface area contributed by atoms with E-state index < -0.39 is 0 Å². The summed E-state index contributed by atoms with van der Waals surface area (Å²) in [5.41, 5.74) is 0.698. The quantitative estimate of drug-likeness (QED) is 0.508. The van der Waals surface area contributed by atoms with Gasteiger partial charge in [-0.3, -0.25) is 0 Å². The van der Waals surface area contributed by atoms with Gasteiger partial charge in [-0.2, -0.15) is 0 Å². The van der Waals surface area contributed by atoms with E-state index in [-0.39, 0.29) is 0 Å². The molecule has 4 fully saturated rings. The van der Waals surface area contributed by atoms with Crippen LogP contribution < -0.4 is 0 Å². The van der Waals surface area contributed by atoms with Gasteiger partial charge in [0.05, 0.1) is 0 Å². The van der Waals surface area contributed by atoms with Crippen molar-refractivity contribution in [3.63, 3.8) is 0 Å². The first kappa shape index (κ1) is 17.4. The van der Waals surface area contributed by atoms with Crippen molar-refractivity contribution in [2.75, 3.05) is 0 Å². The van der Waals surface area contributed by atoms with Crippen LogP contribution in [0.2, 0.25) is 0 Å². The summed E-state index contributed by atoms with van der Waals surface area (Å²) >= 11 is 0. The number of rotatable bonds is 3. The van der Waals surface area contributed by atoms with Gasteiger partial charge in [0.15, 0.2) is 0 Å². The van der Waals surface area contributed by atoms with Crippen LogP contribution in [-0.4, -0.2) is 0 Å². The molecular formula is C24H42. The lowest BCUT2D eigenvalue weighted by atomic mass is 9.49. The molecule has 0 bridgehead atoms. The summed E-state index contributed by atoms with van der Waals surface area (Å²) < 4.78 is 0. The van der Waals surface area contributed by atoms with Gasteiger partial charge in [0.1, 0.15) is 0 Å². The van der Waals surface area contributed by atoms with E-state index in [1.165, 1.54) is 19.3 Å². The van der Waals surface area contributed by atoms with Crippen LogP contribution in [0.3, 0.4) is 0 Å². The van der Waals surface area contributed by atoms with E-state index in [4.69, 9.17) is 0 Å². The SMILES string of the molecule is CCCC1[C@H](C)CC2C3CCC4C[C@@H](CC)CCC4C3CCC21C. The van der Waals surface area contributed by atoms with E-state index in [0.717, 1.165) is 47.3 Å². The second kappa shape index (κ2) is 6.62. The Morgan fingerprint density at radius 1 is 0.875 bits per heavy atom. The molecule has 0 nitrogen and oxygen atoms in total. The first-order valence-electron chi connectivity index (χ1n) is 11.6. The van der Waals surface area contributed by atoms with Gasteiger partial charge < -0.3 is 0 Å². The molecule has 0 saturated heterocycles. The maximum absolute atomic E-state index is 2.72. The first-order chi connectivity index (χ1) is 11.6. The minimum atomic E-state index is 0.698. The van der Waals surface area contributed by atoms with Crippen molar-refractivity contribution in [2.24, 2.45) is 52.8 Å². The van der Waals surface area contributed by atoms with Crippen molar-refractivity contribution in [3.8, 4) is 0 Å². The fraction of sp³-hybridized carbons (Fsp3) is 1.00. The van der Waals surface area contributed by atoms with Crippen molar-refractivity contribution in [1.82, 2.24) is 0 Å². The molecule has 7 unspecified atom stereocenters. The number of hydrogen-bond donors (Lipinski definition) is 0. The Balaban J connectivity index is 1.52. The van der Waals surface area contributed by atoms with Crippen LogP contribution in [-0.2, 0) is 0 Å². The van der Waals surface area contributed by atoms with Gasteiger partial charge in [0.2, 0.25) is 0 Å². The van der Waals surface area contributed by atoms with E-state index in [9.17, 15) is 0 Å². The van der Waals surface area contributed by atoms with Gasteiger partial charge in [-0.15, -0.1) is 0 Å². The highest BCUT2D eigenvalue weighted by molar-refractivity contribution is 5.07. The van der Waals surface area contributed by atoms with E-state index in [1.807, 2.05) is 0 Å². The molecule has 0 amide bonds. The third kappa shape index (κ3) is 2.61. The first-order valence-corrected chi connectivity index (χ1v) is 11.6. The van der Waals surface area contributed by atoms with Crippen LogP contribution in [0.25, 0.3) is 0 Å². The zero-order chi connectivity index (χ0) is 16.9. The van der Waals surface area contributed by atoms with Gasteiger partial charge in [-0.25, -0.2) is 0 Å². The molecule has 24 heavy (non-hydrogen) atoms. The fourth-order valence-electron chi connectivity index (χ4n) is 8.71. The summed E-state index contributed by atoms with van der Waals surface area (Å²) in [6, 6.07) is 0. The van der Waals surface area contributed by atoms with Crippen LogP contribution in [0.5, 0.6) is 0 Å². The van der Waals surface area contributed by atoms with Gasteiger partial charge in [-0.05, 0) is 104 Å². The highest BCUT2D eigenvalue weighted by Crippen LogP contribution is 2.66. The Bertz CT molecular complexity index is 439. The zero-order valence-corrected chi connectivity index (χ0v) is 16.9. The molecule has 0 aromatic rings. The van der Waals surface area contributed by atoms with Crippen molar-refractivity contribution in [2.45, 2.75) is 98.3 Å². The van der Waals surface area contributed by atoms with Gasteiger partial charge in [0, 0.05) is 0 Å². The smallest absolute Gasteiger partial charge is 0.0264 e. The van der Waals surface area contributed by atoms with Crippen molar-refractivity contribution >= 4 is 0 Å². The predicted octanol–water partition coefficient (Wildman–Crippen LogP) is 7.33. The standard InChI is InChI=1S/C24H42/c1-5-7-22-16(3)14-23-21-11-9-18-15-17(6-2)8-10-19(18)20(21)12-13-24(22,23)4/h16-23H,5-15H2,1-4H3/t16-,17+,18?,19?,20?,21?,22?,23?,24?/m1/s1. The lowest BCUT2D eigenvalue weighted by Gasteiger charge is -2.56. The van der Waals surface area contributed by atoms with Gasteiger partial charge in [0.25, 0.3) is 0 Å². The molecule has 138 valence electrons. The molecule has 0 radical (unpaired) electrons. The molecule has 0 heteroatoms. The Labute approximate surface area is 151 Å². The molecule has 4 aliphatic rings. The van der Waals surface area contributed by atoms with Crippen molar-refractivity contribution in [3.05, 3.63) is 0 Å². The summed E-state index contributed by atoms with van der Waals surface area (Å²) in [5.74, 6) is 8.62. The highest BCUT2D eigenvalue weighted by Gasteiger charge is 2.58. The molecule has 0 aliphatic heterocycles. The normalized spacial score (nSPS) is 54.0. The maximum atomic E-state index is 2.72. The fourth-order valence-corrected chi connectivity index (χ4v) is 8.71. The van der Waals surface area contributed by atoms with Crippen LogP contribution in [0, 0.1) is 52.8 Å². The van der Waals surface area contributed by atoms with E-state index in [2.05, 4.69) is 27.7 Å². The molecule has 4 saturated carbocycles. The molecule has 0 aromatic carbocycles. The van der Waals surface area contributed by atoms with E-state index >= 15 is 0 Å². The molecule has 9 atom stereocenters. The van der Waals surface area contributed by atoms with Crippen LogP contribution in [0.4, 0.5) is 0 Å². The van der Waals surface area contributed by atoms with Crippen molar-refractivity contribution in [1.29, 1.82) is 0 Å². The average molecular weight is 331 g/mol. The molecule has 0 N–H and O–H groups in total. The predicted molar refractivity (Wildman–Crippen MR) is 104 cm³/mol. The Hall–Kier alpha value is 0. The minimum absolute atomic E-state index is 0.698. The molecule has 0 spiro atoms. The second-order valence-corrected chi connectivity index (χ2v) is 10.7. The molecule has 4 rings (SSSR count). The Morgan fingerprint density at radius 3 is 2.42 bits per heavy atom. The molecular weight excluding hydrogens is 288 g/mol. The highest BCUT2D eigenvalue weighted by atomic mass is 14.6. The zero-order valence-electron chi connectivity index (χ0n) is 16.9. The summed E-state index contributed by atoms with van der Waals surface area (Å²) in [7, 11) is 0. The van der Waals surface area contributed by atoms with Crippen LogP contribution in [0.15, 0.2) is 0 Å². The monoisotopic (exact) mass is 330 g/mol. The largest absolute Gasteiger partial charge is 0.0654 e. The lowest BCUT2D eigenvalue weighted by Crippen LogP contribution is -2.48.